The van der Waals surface area contributed by atoms with Gasteiger partial charge in [0.1, 0.15) is 5.82 Å². The van der Waals surface area contributed by atoms with Crippen LogP contribution in [0.2, 0.25) is 0 Å². The number of anilines is 1. The number of nitrogen functional groups attached to an aromatic ring is 1. The van der Waals surface area contributed by atoms with Crippen LogP contribution in [0.25, 0.3) is 6.08 Å². The Kier molecular flexibility index (Phi) is 4.67. The molecule has 0 radical (unpaired) electrons. The highest BCUT2D eigenvalue weighted by Gasteiger charge is 2.34. The zero-order valence-electron chi connectivity index (χ0n) is 9.94. The lowest BCUT2D eigenvalue weighted by molar-refractivity contribution is 0.137. The van der Waals surface area contributed by atoms with Crippen molar-refractivity contribution in [1.29, 1.82) is 0 Å². The summed E-state index contributed by atoms with van der Waals surface area (Å²) < 4.78 is 1.45. The number of hydrogen-bond acceptors (Lipinski definition) is 6. The molecule has 1 aliphatic rings. The van der Waals surface area contributed by atoms with E-state index in [-0.39, 0.29) is 23.0 Å². The molecule has 6 nitrogen and oxygen atoms in total. The number of halogens is 1. The number of thioether (sulfide) groups is 1. The van der Waals surface area contributed by atoms with Crippen molar-refractivity contribution in [3.63, 3.8) is 0 Å². The third kappa shape index (κ3) is 3.02. The lowest BCUT2D eigenvalue weighted by Gasteiger charge is -2.14. The Morgan fingerprint density at radius 2 is 2.42 bits per heavy atom. The number of rotatable bonds is 3. The summed E-state index contributed by atoms with van der Waals surface area (Å²) in [7, 11) is 0. The van der Waals surface area contributed by atoms with Gasteiger partial charge >= 0.3 is 5.69 Å². The van der Waals surface area contributed by atoms with Gasteiger partial charge in [0.25, 0.3) is 0 Å². The zero-order valence-corrected chi connectivity index (χ0v) is 12.3. The first-order chi connectivity index (χ1) is 9.06. The van der Waals surface area contributed by atoms with Crippen LogP contribution in [0.4, 0.5) is 5.82 Å². The van der Waals surface area contributed by atoms with Gasteiger partial charge in [0, 0.05) is 18.2 Å². The molecule has 0 saturated carbocycles. The van der Waals surface area contributed by atoms with Crippen molar-refractivity contribution in [1.82, 2.24) is 9.55 Å². The van der Waals surface area contributed by atoms with Crippen LogP contribution in [0.5, 0.6) is 0 Å². The van der Waals surface area contributed by atoms with Gasteiger partial charge in [-0.1, -0.05) is 15.9 Å². The SMILES string of the molecule is Nc1nc(=O)n([C@@H]2CC(O)[C@H](CO)S2)cc1/C=C/Br. The van der Waals surface area contributed by atoms with Crippen molar-refractivity contribution < 1.29 is 10.2 Å². The van der Waals surface area contributed by atoms with Gasteiger partial charge in [-0.2, -0.15) is 4.98 Å². The van der Waals surface area contributed by atoms with E-state index in [4.69, 9.17) is 10.8 Å². The number of nitrogens with zero attached hydrogens (tertiary/aromatic N) is 2. The van der Waals surface area contributed by atoms with E-state index in [1.165, 1.54) is 16.3 Å². The second-order valence-electron chi connectivity index (χ2n) is 4.18. The Labute approximate surface area is 122 Å². The first kappa shape index (κ1) is 14.6. The maximum absolute atomic E-state index is 11.9. The topological polar surface area (TPSA) is 101 Å². The van der Waals surface area contributed by atoms with Crippen LogP contribution in [0.3, 0.4) is 0 Å². The highest BCUT2D eigenvalue weighted by atomic mass is 79.9. The van der Waals surface area contributed by atoms with Crippen molar-refractivity contribution in [2.24, 2.45) is 0 Å². The van der Waals surface area contributed by atoms with Crippen LogP contribution in [-0.2, 0) is 0 Å². The van der Waals surface area contributed by atoms with Gasteiger partial charge in [-0.25, -0.2) is 4.79 Å². The van der Waals surface area contributed by atoms with Gasteiger partial charge in [0.2, 0.25) is 0 Å². The molecule has 2 heterocycles. The average Bonchev–Trinajstić information content (AvgIpc) is 2.74. The Morgan fingerprint density at radius 1 is 1.68 bits per heavy atom. The summed E-state index contributed by atoms with van der Waals surface area (Å²) in [5.41, 5.74) is 5.84. The highest BCUT2D eigenvalue weighted by molar-refractivity contribution is 9.11. The molecule has 0 aliphatic carbocycles. The molecule has 19 heavy (non-hydrogen) atoms. The molecule has 1 aromatic heterocycles. The van der Waals surface area contributed by atoms with Crippen LogP contribution in [0, 0.1) is 0 Å². The van der Waals surface area contributed by atoms with Crippen molar-refractivity contribution in [2.45, 2.75) is 23.1 Å². The minimum Gasteiger partial charge on any atom is -0.395 e. The summed E-state index contributed by atoms with van der Waals surface area (Å²) in [5, 5.41) is 18.4. The molecular formula is C11H14BrN3O3S. The van der Waals surface area contributed by atoms with Crippen molar-refractivity contribution >= 4 is 39.6 Å². The van der Waals surface area contributed by atoms with Gasteiger partial charge < -0.3 is 15.9 Å². The van der Waals surface area contributed by atoms with E-state index in [2.05, 4.69) is 20.9 Å². The van der Waals surface area contributed by atoms with Gasteiger partial charge in [-0.15, -0.1) is 11.8 Å². The molecule has 4 N–H and O–H groups in total. The Morgan fingerprint density at radius 3 is 3.00 bits per heavy atom. The molecule has 8 heteroatoms. The van der Waals surface area contributed by atoms with E-state index in [9.17, 15) is 9.90 Å². The molecule has 0 aromatic carbocycles. The van der Waals surface area contributed by atoms with Crippen molar-refractivity contribution in [2.75, 3.05) is 12.3 Å². The van der Waals surface area contributed by atoms with Gasteiger partial charge in [-0.3, -0.25) is 4.57 Å². The van der Waals surface area contributed by atoms with Crippen LogP contribution >= 0.6 is 27.7 Å². The summed E-state index contributed by atoms with van der Waals surface area (Å²) >= 11 is 4.51. The molecule has 0 bridgehead atoms. The molecule has 104 valence electrons. The quantitative estimate of drug-likeness (QED) is 0.737. The van der Waals surface area contributed by atoms with Crippen LogP contribution < -0.4 is 11.4 Å². The summed E-state index contributed by atoms with van der Waals surface area (Å²) in [6.45, 7) is -0.117. The standard InChI is InChI=1S/C11H14BrN3O3S/c12-2-1-6-4-15(11(18)14-10(6)13)9-3-7(17)8(5-16)19-9/h1-2,4,7-9,16-17H,3,5H2,(H2,13,14,18)/b2-1+/t7?,8-,9-/m0/s1. The van der Waals surface area contributed by atoms with E-state index in [1.54, 1.807) is 17.3 Å². The summed E-state index contributed by atoms with van der Waals surface area (Å²) in [6.07, 6.45) is 3.09. The van der Waals surface area contributed by atoms with Crippen LogP contribution in [0.1, 0.15) is 17.4 Å². The number of aliphatic hydroxyl groups is 2. The fourth-order valence-electron chi connectivity index (χ4n) is 1.95. The minimum atomic E-state index is -0.625. The normalized spacial score (nSPS) is 27.2. The molecule has 2 rings (SSSR count). The number of hydrogen-bond donors (Lipinski definition) is 3. The first-order valence-corrected chi connectivity index (χ1v) is 7.52. The lowest BCUT2D eigenvalue weighted by Crippen LogP contribution is -2.26. The molecular weight excluding hydrogens is 334 g/mol. The highest BCUT2D eigenvalue weighted by Crippen LogP contribution is 2.40. The van der Waals surface area contributed by atoms with Crippen LogP contribution in [-0.4, -0.2) is 37.7 Å². The Bertz CT molecular complexity index is 548. The third-order valence-corrected chi connectivity index (χ3v) is 4.76. The second kappa shape index (κ2) is 6.08. The van der Waals surface area contributed by atoms with Crippen molar-refractivity contribution in [3.05, 3.63) is 27.2 Å². The molecule has 1 aliphatic heterocycles. The monoisotopic (exact) mass is 347 g/mol. The molecule has 3 atom stereocenters. The average molecular weight is 348 g/mol. The fourth-order valence-corrected chi connectivity index (χ4v) is 3.61. The predicted octanol–water partition coefficient (Wildman–Crippen LogP) is 0.548. The third-order valence-electron chi connectivity index (χ3n) is 2.95. The molecule has 0 amide bonds. The number of aliphatic hydroxyl groups excluding tert-OH is 2. The maximum atomic E-state index is 11.9. The molecule has 1 aromatic rings. The van der Waals surface area contributed by atoms with E-state index in [1.807, 2.05) is 0 Å². The van der Waals surface area contributed by atoms with Crippen LogP contribution in [0.15, 0.2) is 16.0 Å². The predicted molar refractivity (Wildman–Crippen MR) is 79.0 cm³/mol. The fraction of sp³-hybridized carbons (Fsp3) is 0.455. The van der Waals surface area contributed by atoms with E-state index >= 15 is 0 Å². The largest absolute Gasteiger partial charge is 0.395 e. The van der Waals surface area contributed by atoms with E-state index in [0.717, 1.165) is 0 Å². The molecule has 1 fully saturated rings. The van der Waals surface area contributed by atoms with Gasteiger partial charge in [0.05, 0.1) is 23.3 Å². The Balaban J connectivity index is 2.35. The summed E-state index contributed by atoms with van der Waals surface area (Å²) in [5.74, 6) is 0.166. The first-order valence-electron chi connectivity index (χ1n) is 5.66. The molecule has 0 spiro atoms. The lowest BCUT2D eigenvalue weighted by atomic mass is 10.2. The van der Waals surface area contributed by atoms with E-state index < -0.39 is 11.8 Å². The Hall–Kier alpha value is -0.830. The second-order valence-corrected chi connectivity index (χ2v) is 6.13. The smallest absolute Gasteiger partial charge is 0.350 e. The van der Waals surface area contributed by atoms with Gasteiger partial charge in [-0.05, 0) is 11.1 Å². The number of aromatic nitrogens is 2. The molecule has 1 unspecified atom stereocenters. The summed E-state index contributed by atoms with van der Waals surface area (Å²) in [4.78, 5) is 17.3. The van der Waals surface area contributed by atoms with Crippen molar-refractivity contribution in [3.8, 4) is 0 Å². The zero-order chi connectivity index (χ0) is 14.0. The number of nitrogens with two attached hydrogens (primary N) is 1. The maximum Gasteiger partial charge on any atom is 0.350 e. The van der Waals surface area contributed by atoms with Gasteiger partial charge in [0.15, 0.2) is 0 Å². The minimum absolute atomic E-state index is 0.117. The molecule has 1 saturated heterocycles. The van der Waals surface area contributed by atoms with E-state index in [0.29, 0.717) is 12.0 Å². The summed E-state index contributed by atoms with van der Waals surface area (Å²) in [6, 6.07) is 0.